The Morgan fingerprint density at radius 1 is 1.43 bits per heavy atom. The Morgan fingerprint density at radius 2 is 2.13 bits per heavy atom. The third kappa shape index (κ3) is 4.64. The number of pyridine rings is 1. The molecule has 10 nitrogen and oxygen atoms in total. The number of halogens is 1. The highest BCUT2D eigenvalue weighted by Crippen LogP contribution is 2.28. The number of aromatic nitrogens is 1. The molecule has 2 aromatic heterocycles. The van der Waals surface area contributed by atoms with E-state index in [-0.39, 0.29) is 27.8 Å². The Bertz CT molecular complexity index is 1150. The van der Waals surface area contributed by atoms with Crippen LogP contribution in [0.3, 0.4) is 0 Å². The number of aromatic carboxylic acids is 1. The van der Waals surface area contributed by atoms with Crippen molar-refractivity contribution in [1.29, 1.82) is 5.26 Å². The predicted octanol–water partition coefficient (Wildman–Crippen LogP) is 1.80. The van der Waals surface area contributed by atoms with Crippen LogP contribution in [0.4, 0.5) is 10.6 Å². The second-order valence-corrected chi connectivity index (χ2v) is 10.2. The highest BCUT2D eigenvalue weighted by molar-refractivity contribution is 7.92. The molecule has 0 unspecified atom stereocenters. The molecule has 1 fully saturated rings. The van der Waals surface area contributed by atoms with Gasteiger partial charge in [-0.25, -0.2) is 27.7 Å². The van der Waals surface area contributed by atoms with Crippen LogP contribution in [0.25, 0.3) is 0 Å². The van der Waals surface area contributed by atoms with Crippen LogP contribution >= 0.6 is 22.9 Å². The van der Waals surface area contributed by atoms with Crippen molar-refractivity contribution >= 4 is 50.8 Å². The van der Waals surface area contributed by atoms with Crippen molar-refractivity contribution in [1.82, 2.24) is 15.0 Å². The molecule has 0 radical (unpaired) electrons. The fourth-order valence-electron chi connectivity index (χ4n) is 2.89. The molecule has 2 amide bonds. The van der Waals surface area contributed by atoms with Gasteiger partial charge >= 0.3 is 12.0 Å². The zero-order valence-corrected chi connectivity index (χ0v) is 17.9. The smallest absolute Gasteiger partial charge is 0.337 e. The summed E-state index contributed by atoms with van der Waals surface area (Å²) in [5.74, 6) is -0.750. The number of nitrogens with zero attached hydrogens (tertiary/aromatic N) is 3. The number of hydrogen-bond donors (Lipinski definition) is 3. The largest absolute Gasteiger partial charge is 0.478 e. The summed E-state index contributed by atoms with van der Waals surface area (Å²) in [4.78, 5) is 29.1. The summed E-state index contributed by atoms with van der Waals surface area (Å²) < 4.78 is 26.3. The van der Waals surface area contributed by atoms with E-state index >= 15 is 0 Å². The maximum absolute atomic E-state index is 12.1. The van der Waals surface area contributed by atoms with Crippen LogP contribution in [0.5, 0.6) is 0 Å². The van der Waals surface area contributed by atoms with Gasteiger partial charge in [0.05, 0.1) is 21.2 Å². The van der Waals surface area contributed by atoms with E-state index in [1.165, 1.54) is 18.2 Å². The van der Waals surface area contributed by atoms with Gasteiger partial charge in [0, 0.05) is 25.6 Å². The number of amides is 2. The van der Waals surface area contributed by atoms with Crippen LogP contribution in [0.1, 0.15) is 21.6 Å². The number of aryl methyl sites for hydroxylation is 1. The van der Waals surface area contributed by atoms with E-state index in [2.05, 4.69) is 10.3 Å². The maximum Gasteiger partial charge on any atom is 0.337 e. The van der Waals surface area contributed by atoms with Crippen molar-refractivity contribution < 1.29 is 23.1 Å². The molecule has 3 rings (SSSR count). The van der Waals surface area contributed by atoms with E-state index in [0.717, 1.165) is 11.3 Å². The Kier molecular flexibility index (Phi) is 6.16. The standard InChI is InChI=1S/C17H16ClN5O5S2/c1-9-12(16(24)25)4-11(5-19)15(21-9)23-7-10(8-23)6-20-17(26)22-30(27,28)14-3-2-13(18)29-14/h2-4,10H,6-8H2,1H3,(H,24,25)(H2,20,22,26). The number of nitrogens with one attached hydrogen (secondary N) is 2. The van der Waals surface area contributed by atoms with Crippen LogP contribution in [0, 0.1) is 24.2 Å². The molecule has 3 heterocycles. The highest BCUT2D eigenvalue weighted by Gasteiger charge is 2.31. The number of carbonyl (C=O) groups excluding carboxylic acids is 1. The number of anilines is 1. The van der Waals surface area contributed by atoms with Crippen LogP contribution in [-0.2, 0) is 10.0 Å². The van der Waals surface area contributed by atoms with Gasteiger partial charge < -0.3 is 15.3 Å². The second-order valence-electron chi connectivity index (χ2n) is 6.55. The third-order valence-corrected chi connectivity index (χ3v) is 7.45. The molecule has 30 heavy (non-hydrogen) atoms. The fraction of sp³-hybridized carbons (Fsp3) is 0.294. The first-order valence-corrected chi connectivity index (χ1v) is 11.2. The molecule has 3 N–H and O–H groups in total. The van der Waals surface area contributed by atoms with Gasteiger partial charge in [-0.1, -0.05) is 11.6 Å². The predicted molar refractivity (Wildman–Crippen MR) is 109 cm³/mol. The number of nitriles is 1. The molecule has 1 aliphatic heterocycles. The summed E-state index contributed by atoms with van der Waals surface area (Å²) in [6, 6.07) is 5.13. The number of carboxylic acids is 1. The van der Waals surface area contributed by atoms with Crippen molar-refractivity contribution in [2.24, 2.45) is 5.92 Å². The summed E-state index contributed by atoms with van der Waals surface area (Å²) in [6.45, 7) is 2.72. The van der Waals surface area contributed by atoms with Gasteiger partial charge in [0.25, 0.3) is 10.0 Å². The van der Waals surface area contributed by atoms with E-state index < -0.39 is 22.0 Å². The van der Waals surface area contributed by atoms with E-state index in [9.17, 15) is 23.3 Å². The molecule has 0 spiro atoms. The zero-order valence-electron chi connectivity index (χ0n) is 15.5. The molecule has 0 bridgehead atoms. The molecular weight excluding hydrogens is 454 g/mol. The molecule has 0 saturated carbocycles. The number of hydrogen-bond acceptors (Lipinski definition) is 8. The van der Waals surface area contributed by atoms with Crippen LogP contribution < -0.4 is 14.9 Å². The highest BCUT2D eigenvalue weighted by atomic mass is 35.5. The van der Waals surface area contributed by atoms with E-state index in [0.29, 0.717) is 28.9 Å². The first-order chi connectivity index (χ1) is 14.1. The average Bonchev–Trinajstić information content (AvgIpc) is 3.07. The topological polar surface area (TPSA) is 152 Å². The lowest BCUT2D eigenvalue weighted by Crippen LogP contribution is -2.53. The molecule has 158 valence electrons. The monoisotopic (exact) mass is 469 g/mol. The first-order valence-electron chi connectivity index (χ1n) is 8.56. The van der Waals surface area contributed by atoms with Gasteiger partial charge in [-0.3, -0.25) is 0 Å². The van der Waals surface area contributed by atoms with Crippen molar-refractivity contribution in [2.75, 3.05) is 24.5 Å². The van der Waals surface area contributed by atoms with Crippen molar-refractivity contribution in [3.63, 3.8) is 0 Å². The van der Waals surface area contributed by atoms with Crippen LogP contribution in [0.2, 0.25) is 4.34 Å². The van der Waals surface area contributed by atoms with Gasteiger partial charge in [-0.2, -0.15) is 5.26 Å². The number of sulfonamides is 1. The van der Waals surface area contributed by atoms with E-state index in [4.69, 9.17) is 16.7 Å². The maximum atomic E-state index is 12.1. The summed E-state index contributed by atoms with van der Waals surface area (Å²) in [5.41, 5.74) is 0.429. The van der Waals surface area contributed by atoms with Crippen LogP contribution in [0.15, 0.2) is 22.4 Å². The number of thiophene rings is 1. The summed E-state index contributed by atoms with van der Waals surface area (Å²) in [5, 5.41) is 20.9. The molecule has 0 aromatic carbocycles. The summed E-state index contributed by atoms with van der Waals surface area (Å²) >= 11 is 6.56. The number of carboxylic acid groups (broad SMARTS) is 1. The van der Waals surface area contributed by atoms with Gasteiger partial charge in [0.15, 0.2) is 0 Å². The summed E-state index contributed by atoms with van der Waals surface area (Å²) in [7, 11) is -3.99. The minimum atomic E-state index is -3.99. The van der Waals surface area contributed by atoms with E-state index in [1.54, 1.807) is 11.8 Å². The summed E-state index contributed by atoms with van der Waals surface area (Å²) in [6.07, 6.45) is 0. The Labute approximate surface area is 181 Å². The third-order valence-electron chi connectivity index (χ3n) is 4.39. The SMILES string of the molecule is Cc1nc(N2CC(CNC(=O)NS(=O)(=O)c3ccc(Cl)s3)C2)c(C#N)cc1C(=O)O. The Hall–Kier alpha value is -2.88. The molecule has 2 aromatic rings. The Morgan fingerprint density at radius 3 is 2.70 bits per heavy atom. The van der Waals surface area contributed by atoms with Crippen molar-refractivity contribution in [3.05, 3.63) is 39.4 Å². The molecule has 1 aliphatic rings. The molecule has 1 saturated heterocycles. The quantitative estimate of drug-likeness (QED) is 0.578. The van der Waals surface area contributed by atoms with Crippen molar-refractivity contribution in [2.45, 2.75) is 11.1 Å². The number of rotatable bonds is 6. The minimum Gasteiger partial charge on any atom is -0.478 e. The van der Waals surface area contributed by atoms with Gasteiger partial charge in [0.2, 0.25) is 0 Å². The molecule has 13 heteroatoms. The fourth-order valence-corrected chi connectivity index (χ4v) is 5.30. The number of urea groups is 1. The lowest BCUT2D eigenvalue weighted by atomic mass is 9.99. The number of carbonyl (C=O) groups is 2. The normalized spacial score (nSPS) is 14.0. The van der Waals surface area contributed by atoms with E-state index in [1.807, 2.05) is 10.8 Å². The average molecular weight is 470 g/mol. The van der Waals surface area contributed by atoms with Crippen LogP contribution in [-0.4, -0.2) is 50.1 Å². The van der Waals surface area contributed by atoms with Gasteiger partial charge in [0.1, 0.15) is 16.1 Å². The molecular formula is C17H16ClN5O5S2. The Balaban J connectivity index is 1.54. The molecule has 0 atom stereocenters. The zero-order chi connectivity index (χ0) is 22.1. The lowest BCUT2D eigenvalue weighted by Gasteiger charge is -2.40. The van der Waals surface area contributed by atoms with Gasteiger partial charge in [-0.15, -0.1) is 11.3 Å². The van der Waals surface area contributed by atoms with Crippen molar-refractivity contribution in [3.8, 4) is 6.07 Å². The minimum absolute atomic E-state index is 0.0161. The molecule has 0 aliphatic carbocycles. The lowest BCUT2D eigenvalue weighted by molar-refractivity contribution is 0.0695. The second kappa shape index (κ2) is 8.47. The first kappa shape index (κ1) is 21.8. The van der Waals surface area contributed by atoms with Gasteiger partial charge in [-0.05, 0) is 25.1 Å².